The number of hydrogen-bond acceptors (Lipinski definition) is 6. The molecule has 0 amide bonds. The Labute approximate surface area is 158 Å². The molecule has 2 aromatic heterocycles. The molecule has 9 heteroatoms. The van der Waals surface area contributed by atoms with E-state index in [0.717, 1.165) is 23.5 Å². The van der Waals surface area contributed by atoms with Crippen LogP contribution in [-0.4, -0.2) is 31.4 Å². The number of carbonyl (C=O) groups is 1. The summed E-state index contributed by atoms with van der Waals surface area (Å²) >= 11 is 1.14. The van der Waals surface area contributed by atoms with Gasteiger partial charge in [0.2, 0.25) is 5.13 Å². The number of nitrogens with zero attached hydrogens (tertiary/aromatic N) is 3. The monoisotopic (exact) mass is 393 g/mol. The minimum atomic E-state index is -0.992. The van der Waals surface area contributed by atoms with Crippen LogP contribution in [0.15, 0.2) is 29.6 Å². The van der Waals surface area contributed by atoms with E-state index < -0.39 is 23.2 Å². The molecular formula is C18H17F2N3O3S. The molecule has 0 bridgehead atoms. The van der Waals surface area contributed by atoms with Gasteiger partial charge in [-0.2, -0.15) is 5.10 Å². The van der Waals surface area contributed by atoms with Crippen molar-refractivity contribution in [2.75, 3.05) is 0 Å². The van der Waals surface area contributed by atoms with E-state index in [9.17, 15) is 18.7 Å². The quantitative estimate of drug-likeness (QED) is 0.684. The summed E-state index contributed by atoms with van der Waals surface area (Å²) < 4.78 is 33.3. The van der Waals surface area contributed by atoms with Gasteiger partial charge in [-0.05, 0) is 45.0 Å². The largest absolute Gasteiger partial charge is 0.455 e. The molecule has 0 atom stereocenters. The summed E-state index contributed by atoms with van der Waals surface area (Å²) in [6.07, 6.45) is 0. The number of hydrogen-bond donors (Lipinski definition) is 1. The molecule has 0 unspecified atom stereocenters. The third-order valence-electron chi connectivity index (χ3n) is 3.44. The van der Waals surface area contributed by atoms with Crippen molar-refractivity contribution in [2.24, 2.45) is 0 Å². The second-order valence-corrected chi connectivity index (χ2v) is 7.57. The Balaban J connectivity index is 1.94. The van der Waals surface area contributed by atoms with Gasteiger partial charge in [0.05, 0.1) is 18.0 Å². The molecule has 0 saturated heterocycles. The van der Waals surface area contributed by atoms with Gasteiger partial charge in [-0.1, -0.05) is 0 Å². The van der Waals surface area contributed by atoms with Gasteiger partial charge in [0.15, 0.2) is 17.3 Å². The lowest BCUT2D eigenvalue weighted by Crippen LogP contribution is -2.24. The number of aliphatic hydroxyl groups is 1. The Kier molecular flexibility index (Phi) is 5.07. The molecule has 3 aromatic rings. The molecule has 0 saturated carbocycles. The van der Waals surface area contributed by atoms with Gasteiger partial charge in [-0.15, -0.1) is 11.3 Å². The zero-order chi connectivity index (χ0) is 19.8. The zero-order valence-electron chi connectivity index (χ0n) is 14.9. The van der Waals surface area contributed by atoms with E-state index in [-0.39, 0.29) is 12.3 Å². The predicted octanol–water partition coefficient (Wildman–Crippen LogP) is 3.72. The third kappa shape index (κ3) is 4.20. The summed E-state index contributed by atoms with van der Waals surface area (Å²) in [6, 6.07) is 4.96. The first-order chi connectivity index (χ1) is 12.7. The molecule has 1 aromatic carbocycles. The van der Waals surface area contributed by atoms with Crippen LogP contribution in [0.25, 0.3) is 16.4 Å². The van der Waals surface area contributed by atoms with E-state index in [2.05, 4.69) is 10.1 Å². The van der Waals surface area contributed by atoms with Gasteiger partial charge in [-0.3, -0.25) is 0 Å². The summed E-state index contributed by atoms with van der Waals surface area (Å²) in [5.74, 6) is -2.51. The maximum atomic E-state index is 13.5. The number of halogens is 2. The molecule has 6 nitrogen and oxygen atoms in total. The first-order valence-corrected chi connectivity index (χ1v) is 8.90. The van der Waals surface area contributed by atoms with E-state index >= 15 is 0 Å². The van der Waals surface area contributed by atoms with Crippen LogP contribution < -0.4 is 0 Å². The number of esters is 1. The minimum Gasteiger partial charge on any atom is -0.455 e. The molecule has 2 heterocycles. The van der Waals surface area contributed by atoms with Gasteiger partial charge in [0.1, 0.15) is 5.60 Å². The topological polar surface area (TPSA) is 77.2 Å². The van der Waals surface area contributed by atoms with Crippen LogP contribution in [-0.2, 0) is 11.3 Å². The van der Waals surface area contributed by atoms with Crippen LogP contribution in [0.2, 0.25) is 0 Å². The maximum Gasteiger partial charge on any atom is 0.358 e. The molecule has 0 aliphatic heterocycles. The van der Waals surface area contributed by atoms with Crippen molar-refractivity contribution in [3.8, 4) is 16.4 Å². The van der Waals surface area contributed by atoms with Crippen molar-refractivity contribution in [1.82, 2.24) is 14.8 Å². The number of rotatable bonds is 4. The van der Waals surface area contributed by atoms with Crippen LogP contribution >= 0.6 is 11.3 Å². The number of carbonyl (C=O) groups excluding carboxylic acids is 1. The maximum absolute atomic E-state index is 13.5. The molecule has 27 heavy (non-hydrogen) atoms. The van der Waals surface area contributed by atoms with Crippen molar-refractivity contribution in [3.63, 3.8) is 0 Å². The minimum absolute atomic E-state index is 0.124. The molecule has 1 N–H and O–H groups in total. The van der Waals surface area contributed by atoms with Crippen LogP contribution in [0.1, 0.15) is 37.0 Å². The van der Waals surface area contributed by atoms with Crippen LogP contribution in [0, 0.1) is 11.6 Å². The average molecular weight is 393 g/mol. The molecule has 142 valence electrons. The highest BCUT2D eigenvalue weighted by Gasteiger charge is 2.22. The number of aliphatic hydroxyl groups excluding tert-OH is 1. The van der Waals surface area contributed by atoms with Crippen molar-refractivity contribution in [2.45, 2.75) is 33.0 Å². The molecular weight excluding hydrogens is 376 g/mol. The summed E-state index contributed by atoms with van der Waals surface area (Å²) in [6.45, 7) is 4.91. The first-order valence-electron chi connectivity index (χ1n) is 8.02. The zero-order valence-corrected chi connectivity index (χ0v) is 15.7. The van der Waals surface area contributed by atoms with E-state index in [1.54, 1.807) is 26.8 Å². The van der Waals surface area contributed by atoms with E-state index in [1.165, 1.54) is 16.1 Å². The van der Waals surface area contributed by atoms with E-state index in [4.69, 9.17) is 4.74 Å². The highest BCUT2D eigenvalue weighted by Crippen LogP contribution is 2.25. The Bertz CT molecular complexity index is 992. The smallest absolute Gasteiger partial charge is 0.358 e. The summed E-state index contributed by atoms with van der Waals surface area (Å²) in [5.41, 5.74) is 0.555. The Morgan fingerprint density at radius 3 is 2.63 bits per heavy atom. The number of benzene rings is 1. The SMILES string of the molecule is CC(C)(C)OC(=O)c1csc(-n2nc(-c3ccc(F)c(F)c3)cc2CO)n1. The summed E-state index contributed by atoms with van der Waals surface area (Å²) in [5, 5.41) is 15.8. The number of thiazole rings is 1. The van der Waals surface area contributed by atoms with Gasteiger partial charge in [0.25, 0.3) is 0 Å². The van der Waals surface area contributed by atoms with Crippen molar-refractivity contribution in [1.29, 1.82) is 0 Å². The van der Waals surface area contributed by atoms with Crippen molar-refractivity contribution < 1.29 is 23.4 Å². The molecule has 0 spiro atoms. The fraction of sp³-hybridized carbons (Fsp3) is 0.278. The summed E-state index contributed by atoms with van der Waals surface area (Å²) in [7, 11) is 0. The molecule has 3 rings (SSSR count). The molecule has 0 fully saturated rings. The van der Waals surface area contributed by atoms with Crippen molar-refractivity contribution >= 4 is 17.3 Å². The standard InChI is InChI=1S/C18H17F2N3O3S/c1-18(2,3)26-16(25)15-9-27-17(21-15)23-11(8-24)7-14(22-23)10-4-5-12(19)13(20)6-10/h4-7,9,24H,8H2,1-3H3. The number of aromatic nitrogens is 3. The normalized spacial score (nSPS) is 11.6. The fourth-order valence-corrected chi connectivity index (χ4v) is 3.06. The average Bonchev–Trinajstić information content (AvgIpc) is 3.22. The van der Waals surface area contributed by atoms with Crippen LogP contribution in [0.3, 0.4) is 0 Å². The lowest BCUT2D eigenvalue weighted by Gasteiger charge is -2.18. The van der Waals surface area contributed by atoms with Gasteiger partial charge in [0, 0.05) is 10.9 Å². The van der Waals surface area contributed by atoms with Crippen molar-refractivity contribution in [3.05, 3.63) is 52.7 Å². The Hall–Kier alpha value is -2.65. The second kappa shape index (κ2) is 7.16. The predicted molar refractivity (Wildman–Crippen MR) is 95.7 cm³/mol. The lowest BCUT2D eigenvalue weighted by molar-refractivity contribution is 0.00636. The van der Waals surface area contributed by atoms with Gasteiger partial charge < -0.3 is 9.84 Å². The van der Waals surface area contributed by atoms with Gasteiger partial charge >= 0.3 is 5.97 Å². The van der Waals surface area contributed by atoms with E-state index in [0.29, 0.717) is 22.1 Å². The van der Waals surface area contributed by atoms with Crippen LogP contribution in [0.5, 0.6) is 0 Å². The van der Waals surface area contributed by atoms with Crippen LogP contribution in [0.4, 0.5) is 8.78 Å². The molecule has 0 radical (unpaired) electrons. The highest BCUT2D eigenvalue weighted by atomic mass is 32.1. The number of ether oxygens (including phenoxy) is 1. The lowest BCUT2D eigenvalue weighted by atomic mass is 10.1. The second-order valence-electron chi connectivity index (χ2n) is 6.74. The Morgan fingerprint density at radius 2 is 2.00 bits per heavy atom. The first kappa shape index (κ1) is 19.1. The van der Waals surface area contributed by atoms with E-state index in [1.807, 2.05) is 0 Å². The van der Waals surface area contributed by atoms with Gasteiger partial charge in [-0.25, -0.2) is 23.2 Å². The third-order valence-corrected chi connectivity index (χ3v) is 4.26. The molecule has 0 aliphatic rings. The Morgan fingerprint density at radius 1 is 1.26 bits per heavy atom. The highest BCUT2D eigenvalue weighted by molar-refractivity contribution is 7.12. The summed E-state index contributed by atoms with van der Waals surface area (Å²) in [4.78, 5) is 16.3. The molecule has 0 aliphatic carbocycles. The fourth-order valence-electron chi connectivity index (χ4n) is 2.28.